The predicted molar refractivity (Wildman–Crippen MR) is 73.3 cm³/mol. The van der Waals surface area contributed by atoms with Crippen LogP contribution in [-0.2, 0) is 0 Å². The van der Waals surface area contributed by atoms with Crippen LogP contribution in [0.4, 0.5) is 11.5 Å². The van der Waals surface area contributed by atoms with Crippen molar-refractivity contribution in [3.05, 3.63) is 17.8 Å². The monoisotopic (exact) mass is 254 g/mol. The number of nitrogen functional groups attached to an aromatic ring is 1. The van der Waals surface area contributed by atoms with Crippen LogP contribution >= 0.6 is 11.8 Å². The number of nitrogens with two attached hydrogens (primary N) is 2. The van der Waals surface area contributed by atoms with Crippen LogP contribution in [-0.4, -0.2) is 28.9 Å². The van der Waals surface area contributed by atoms with Crippen LogP contribution in [0.3, 0.4) is 0 Å². The average Bonchev–Trinajstić information content (AvgIpc) is 2.28. The lowest BCUT2D eigenvalue weighted by Crippen LogP contribution is -2.21. The summed E-state index contributed by atoms with van der Waals surface area (Å²) < 4.78 is 0. The molecule has 0 fully saturated rings. The third-order valence-corrected chi connectivity index (χ3v) is 2.96. The molecule has 0 aromatic carbocycles. The second-order valence-corrected chi connectivity index (χ2v) is 4.84. The van der Waals surface area contributed by atoms with E-state index in [1.54, 1.807) is 17.8 Å². The van der Waals surface area contributed by atoms with Gasteiger partial charge in [-0.3, -0.25) is 4.79 Å². The molecule has 1 amide bonds. The number of nitrogens with one attached hydrogen (secondary N) is 1. The van der Waals surface area contributed by atoms with Crippen LogP contribution in [0.1, 0.15) is 23.7 Å². The smallest absolute Gasteiger partial charge is 0.252 e. The maximum atomic E-state index is 11.3. The summed E-state index contributed by atoms with van der Waals surface area (Å²) in [5, 5.41) is 3.17. The summed E-state index contributed by atoms with van der Waals surface area (Å²) in [6, 6.07) is 1.77. The summed E-state index contributed by atoms with van der Waals surface area (Å²) in [5.74, 6) is 1.03. The van der Waals surface area contributed by atoms with Crippen molar-refractivity contribution >= 4 is 29.2 Å². The lowest BCUT2D eigenvalue weighted by atomic mass is 10.2. The highest BCUT2D eigenvalue weighted by molar-refractivity contribution is 7.98. The maximum Gasteiger partial charge on any atom is 0.252 e. The van der Waals surface area contributed by atoms with Crippen LogP contribution < -0.4 is 16.8 Å². The van der Waals surface area contributed by atoms with Crippen molar-refractivity contribution in [3.63, 3.8) is 0 Å². The van der Waals surface area contributed by atoms with Gasteiger partial charge in [0.15, 0.2) is 0 Å². The molecule has 0 aliphatic rings. The first-order valence-electron chi connectivity index (χ1n) is 5.35. The Bertz CT molecular complexity index is 397. The van der Waals surface area contributed by atoms with Crippen LogP contribution in [0.25, 0.3) is 0 Å². The van der Waals surface area contributed by atoms with Gasteiger partial charge in [-0.05, 0) is 31.4 Å². The van der Waals surface area contributed by atoms with E-state index in [2.05, 4.69) is 16.6 Å². The van der Waals surface area contributed by atoms with E-state index >= 15 is 0 Å². The summed E-state index contributed by atoms with van der Waals surface area (Å²) >= 11 is 1.78. The topological polar surface area (TPSA) is 94.0 Å². The minimum Gasteiger partial charge on any atom is -0.397 e. The molecule has 5 nitrogen and oxygen atoms in total. The highest BCUT2D eigenvalue weighted by Gasteiger charge is 2.12. The number of carbonyl (C=O) groups is 1. The number of rotatable bonds is 6. The molecule has 0 saturated heterocycles. The maximum absolute atomic E-state index is 11.3. The largest absolute Gasteiger partial charge is 0.397 e. The normalized spacial score (nSPS) is 12.1. The van der Waals surface area contributed by atoms with Crippen LogP contribution in [0.2, 0.25) is 0 Å². The SMILES string of the molecule is CSCCC(C)Nc1ncc(N)cc1C(N)=O. The Balaban J connectivity index is 2.79. The van der Waals surface area contributed by atoms with Crippen molar-refractivity contribution in [2.24, 2.45) is 5.73 Å². The van der Waals surface area contributed by atoms with Gasteiger partial charge < -0.3 is 16.8 Å². The third-order valence-electron chi connectivity index (χ3n) is 2.31. The van der Waals surface area contributed by atoms with Crippen LogP contribution in [0.5, 0.6) is 0 Å². The molecular weight excluding hydrogens is 236 g/mol. The quantitative estimate of drug-likeness (QED) is 0.711. The van der Waals surface area contributed by atoms with E-state index in [9.17, 15) is 4.79 Å². The Morgan fingerprint density at radius 2 is 2.35 bits per heavy atom. The summed E-state index contributed by atoms with van der Waals surface area (Å²) in [6.07, 6.45) is 4.56. The van der Waals surface area contributed by atoms with Gasteiger partial charge in [0.05, 0.1) is 17.4 Å². The molecule has 0 aliphatic carbocycles. The Kier molecular flexibility index (Phi) is 5.09. The van der Waals surface area contributed by atoms with Gasteiger partial charge in [-0.25, -0.2) is 4.98 Å². The number of aromatic nitrogens is 1. The molecule has 5 N–H and O–H groups in total. The highest BCUT2D eigenvalue weighted by atomic mass is 32.2. The number of hydrogen-bond donors (Lipinski definition) is 3. The zero-order valence-electron chi connectivity index (χ0n) is 10.1. The molecule has 1 aromatic rings. The van der Waals surface area contributed by atoms with Crippen molar-refractivity contribution in [1.82, 2.24) is 4.98 Å². The van der Waals surface area contributed by atoms with E-state index in [-0.39, 0.29) is 6.04 Å². The molecule has 1 heterocycles. The summed E-state index contributed by atoms with van der Waals surface area (Å²) in [5.41, 5.74) is 11.6. The van der Waals surface area contributed by atoms with Gasteiger partial charge >= 0.3 is 0 Å². The lowest BCUT2D eigenvalue weighted by molar-refractivity contribution is 0.100. The fraction of sp³-hybridized carbons (Fsp3) is 0.455. The minimum atomic E-state index is -0.524. The molecule has 17 heavy (non-hydrogen) atoms. The van der Waals surface area contributed by atoms with E-state index in [1.807, 2.05) is 6.92 Å². The molecule has 0 saturated carbocycles. The van der Waals surface area contributed by atoms with Crippen molar-refractivity contribution in [2.75, 3.05) is 23.1 Å². The van der Waals surface area contributed by atoms with Crippen molar-refractivity contribution in [2.45, 2.75) is 19.4 Å². The number of pyridine rings is 1. The first kappa shape index (κ1) is 13.6. The molecular formula is C11H18N4OS. The number of amides is 1. The van der Waals surface area contributed by atoms with E-state index in [0.29, 0.717) is 17.1 Å². The van der Waals surface area contributed by atoms with Gasteiger partial charge in [0, 0.05) is 6.04 Å². The third kappa shape index (κ3) is 4.14. The molecule has 1 aromatic heterocycles. The molecule has 94 valence electrons. The number of thioether (sulfide) groups is 1. The summed E-state index contributed by atoms with van der Waals surface area (Å²) in [6.45, 7) is 2.04. The van der Waals surface area contributed by atoms with Gasteiger partial charge in [0.2, 0.25) is 0 Å². The Morgan fingerprint density at radius 1 is 1.65 bits per heavy atom. The fourth-order valence-electron chi connectivity index (χ4n) is 1.38. The number of nitrogens with zero attached hydrogens (tertiary/aromatic N) is 1. The van der Waals surface area contributed by atoms with E-state index in [4.69, 9.17) is 11.5 Å². The second-order valence-electron chi connectivity index (χ2n) is 3.86. The van der Waals surface area contributed by atoms with Gasteiger partial charge in [0.1, 0.15) is 5.82 Å². The zero-order valence-corrected chi connectivity index (χ0v) is 10.9. The molecule has 0 bridgehead atoms. The first-order valence-corrected chi connectivity index (χ1v) is 6.74. The summed E-state index contributed by atoms with van der Waals surface area (Å²) in [7, 11) is 0. The first-order chi connectivity index (χ1) is 8.04. The minimum absolute atomic E-state index is 0.233. The number of carbonyl (C=O) groups excluding carboxylic acids is 1. The number of anilines is 2. The molecule has 0 aliphatic heterocycles. The van der Waals surface area contributed by atoms with Crippen LogP contribution in [0.15, 0.2) is 12.3 Å². The van der Waals surface area contributed by atoms with Crippen LogP contribution in [0, 0.1) is 0 Å². The fourth-order valence-corrected chi connectivity index (χ4v) is 1.97. The Morgan fingerprint density at radius 3 is 2.94 bits per heavy atom. The number of primary amides is 1. The second kappa shape index (κ2) is 6.34. The molecule has 6 heteroatoms. The molecule has 1 atom stereocenters. The van der Waals surface area contributed by atoms with E-state index < -0.39 is 5.91 Å². The molecule has 1 unspecified atom stereocenters. The van der Waals surface area contributed by atoms with E-state index in [1.165, 1.54) is 6.20 Å². The van der Waals surface area contributed by atoms with Crippen molar-refractivity contribution in [3.8, 4) is 0 Å². The Hall–Kier alpha value is -1.43. The van der Waals surface area contributed by atoms with Crippen molar-refractivity contribution in [1.29, 1.82) is 0 Å². The van der Waals surface area contributed by atoms with Gasteiger partial charge in [0.25, 0.3) is 5.91 Å². The standard InChI is InChI=1S/C11H18N4OS/c1-7(3-4-17-2)15-11-9(10(13)16)5-8(12)6-14-11/h5-7H,3-4,12H2,1-2H3,(H2,13,16)(H,14,15). The van der Waals surface area contributed by atoms with Gasteiger partial charge in [-0.15, -0.1) is 0 Å². The molecule has 0 spiro atoms. The number of hydrogen-bond acceptors (Lipinski definition) is 5. The average molecular weight is 254 g/mol. The summed E-state index contributed by atoms with van der Waals surface area (Å²) in [4.78, 5) is 15.4. The Labute approximate surface area is 105 Å². The lowest BCUT2D eigenvalue weighted by Gasteiger charge is -2.15. The molecule has 0 radical (unpaired) electrons. The predicted octanol–water partition coefficient (Wildman–Crippen LogP) is 1.32. The highest BCUT2D eigenvalue weighted by Crippen LogP contribution is 2.16. The van der Waals surface area contributed by atoms with Gasteiger partial charge in [-0.1, -0.05) is 0 Å². The van der Waals surface area contributed by atoms with Crippen molar-refractivity contribution < 1.29 is 4.79 Å². The molecule has 1 rings (SSSR count). The zero-order chi connectivity index (χ0) is 12.8. The van der Waals surface area contributed by atoms with E-state index in [0.717, 1.165) is 12.2 Å². The van der Waals surface area contributed by atoms with Gasteiger partial charge in [-0.2, -0.15) is 11.8 Å².